The normalized spacial score (nSPS) is 25.5. The summed E-state index contributed by atoms with van der Waals surface area (Å²) in [5.41, 5.74) is 1.06. The summed E-state index contributed by atoms with van der Waals surface area (Å²) in [5, 5.41) is 6.49. The van der Waals surface area contributed by atoms with Gasteiger partial charge in [-0.25, -0.2) is 4.99 Å². The van der Waals surface area contributed by atoms with Crippen molar-refractivity contribution in [2.45, 2.75) is 33.7 Å². The van der Waals surface area contributed by atoms with Gasteiger partial charge in [-0.15, -0.1) is 24.0 Å². The SMILES string of the molecule is CCNC(=NCc1cccc(OCC(C)C)c1)NCCN1C(=O)C2C3C=CC(C3)C2C1=O.I. The molecule has 4 rings (SSSR count). The molecule has 1 aliphatic heterocycles. The zero-order chi connectivity index (χ0) is 22.7. The fourth-order valence-corrected chi connectivity index (χ4v) is 4.98. The van der Waals surface area contributed by atoms with Gasteiger partial charge in [-0.3, -0.25) is 14.5 Å². The number of ether oxygens (including phenoxy) is 1. The number of guanidine groups is 1. The van der Waals surface area contributed by atoms with Gasteiger partial charge in [0.05, 0.1) is 25.0 Å². The fourth-order valence-electron chi connectivity index (χ4n) is 4.98. The molecule has 33 heavy (non-hydrogen) atoms. The Morgan fingerprint density at radius 1 is 1.15 bits per heavy atom. The van der Waals surface area contributed by atoms with E-state index in [0.717, 1.165) is 24.3 Å². The number of nitrogens with one attached hydrogen (secondary N) is 2. The molecule has 2 bridgehead atoms. The molecule has 180 valence electrons. The molecule has 1 aromatic carbocycles. The number of hydrogen-bond donors (Lipinski definition) is 2. The lowest BCUT2D eigenvalue weighted by Gasteiger charge is -2.18. The molecule has 1 heterocycles. The van der Waals surface area contributed by atoms with Gasteiger partial charge in [0, 0.05) is 19.6 Å². The number of allylic oxidation sites excluding steroid dienone is 2. The van der Waals surface area contributed by atoms with Gasteiger partial charge in [0.15, 0.2) is 5.96 Å². The van der Waals surface area contributed by atoms with Crippen molar-refractivity contribution < 1.29 is 14.3 Å². The topological polar surface area (TPSA) is 83.0 Å². The van der Waals surface area contributed by atoms with Crippen LogP contribution in [0.4, 0.5) is 0 Å². The first-order valence-electron chi connectivity index (χ1n) is 11.8. The third kappa shape index (κ3) is 5.70. The number of imide groups is 1. The van der Waals surface area contributed by atoms with Crippen LogP contribution in [0.1, 0.15) is 32.8 Å². The Hall–Kier alpha value is -2.10. The first-order chi connectivity index (χ1) is 15.5. The molecule has 0 spiro atoms. The minimum atomic E-state index is -0.135. The highest BCUT2D eigenvalue weighted by molar-refractivity contribution is 14.0. The van der Waals surface area contributed by atoms with Crippen LogP contribution in [0.3, 0.4) is 0 Å². The molecule has 2 fully saturated rings. The second-order valence-electron chi connectivity index (χ2n) is 9.30. The van der Waals surface area contributed by atoms with E-state index in [1.807, 2.05) is 31.2 Å². The zero-order valence-corrected chi connectivity index (χ0v) is 22.0. The number of benzene rings is 1. The highest BCUT2D eigenvalue weighted by Crippen LogP contribution is 2.52. The van der Waals surface area contributed by atoms with Crippen molar-refractivity contribution in [2.75, 3.05) is 26.2 Å². The van der Waals surface area contributed by atoms with Crippen molar-refractivity contribution in [3.8, 4) is 5.75 Å². The average Bonchev–Trinajstić information content (AvgIpc) is 3.46. The Bertz CT molecular complexity index is 887. The average molecular weight is 566 g/mol. The van der Waals surface area contributed by atoms with E-state index in [2.05, 4.69) is 41.6 Å². The molecule has 1 aromatic rings. The first kappa shape index (κ1) is 25.5. The number of likely N-dealkylation sites (tertiary alicyclic amines) is 1. The standard InChI is InChI=1S/C25H34N4O3.HI/c1-4-26-25(28-14-17-6-5-7-20(12-17)32-15-16(2)3)27-10-11-29-23(30)21-18-8-9-19(13-18)22(21)24(29)31;/h5-9,12,16,18-19,21-22H,4,10-11,13-15H2,1-3H3,(H2,26,27,28);1H. The van der Waals surface area contributed by atoms with Crippen LogP contribution in [-0.2, 0) is 16.1 Å². The van der Waals surface area contributed by atoms with E-state index in [9.17, 15) is 9.59 Å². The van der Waals surface area contributed by atoms with Gasteiger partial charge in [-0.1, -0.05) is 38.1 Å². The second-order valence-corrected chi connectivity index (χ2v) is 9.30. The van der Waals surface area contributed by atoms with E-state index in [1.165, 1.54) is 4.90 Å². The van der Waals surface area contributed by atoms with E-state index in [1.54, 1.807) is 0 Å². The third-order valence-electron chi connectivity index (χ3n) is 6.44. The molecule has 8 heteroatoms. The molecule has 1 saturated carbocycles. The van der Waals surface area contributed by atoms with Gasteiger partial charge >= 0.3 is 0 Å². The number of aliphatic imine (C=N–C) groups is 1. The van der Waals surface area contributed by atoms with Crippen molar-refractivity contribution in [3.05, 3.63) is 42.0 Å². The summed E-state index contributed by atoms with van der Waals surface area (Å²) in [7, 11) is 0. The van der Waals surface area contributed by atoms with Gasteiger partial charge in [0.1, 0.15) is 5.75 Å². The maximum absolute atomic E-state index is 12.8. The van der Waals surface area contributed by atoms with Crippen LogP contribution < -0.4 is 15.4 Å². The highest BCUT2D eigenvalue weighted by atomic mass is 127. The van der Waals surface area contributed by atoms with Gasteiger partial charge in [-0.05, 0) is 48.8 Å². The van der Waals surface area contributed by atoms with Crippen LogP contribution in [0.25, 0.3) is 0 Å². The van der Waals surface area contributed by atoms with Gasteiger partial charge in [0.2, 0.25) is 11.8 Å². The van der Waals surface area contributed by atoms with Crippen molar-refractivity contribution in [2.24, 2.45) is 34.6 Å². The summed E-state index contributed by atoms with van der Waals surface area (Å²) in [5.74, 6) is 2.22. The number of amides is 2. The van der Waals surface area contributed by atoms with Crippen molar-refractivity contribution in [1.29, 1.82) is 0 Å². The largest absolute Gasteiger partial charge is 0.493 e. The smallest absolute Gasteiger partial charge is 0.233 e. The second kappa shape index (κ2) is 11.4. The van der Waals surface area contributed by atoms with Gasteiger partial charge in [0.25, 0.3) is 0 Å². The van der Waals surface area contributed by atoms with E-state index in [0.29, 0.717) is 38.1 Å². The fraction of sp³-hybridized carbons (Fsp3) is 0.560. The van der Waals surface area contributed by atoms with E-state index >= 15 is 0 Å². The zero-order valence-electron chi connectivity index (χ0n) is 19.6. The summed E-state index contributed by atoms with van der Waals surface area (Å²) in [4.78, 5) is 31.7. The third-order valence-corrected chi connectivity index (χ3v) is 6.44. The van der Waals surface area contributed by atoms with E-state index in [-0.39, 0.29) is 59.5 Å². The molecule has 3 aliphatic rings. The molecule has 1 saturated heterocycles. The molecule has 0 radical (unpaired) electrons. The van der Waals surface area contributed by atoms with Crippen molar-refractivity contribution in [1.82, 2.24) is 15.5 Å². The number of halogens is 1. The lowest BCUT2D eigenvalue weighted by atomic mass is 9.85. The van der Waals surface area contributed by atoms with E-state index < -0.39 is 0 Å². The predicted molar refractivity (Wildman–Crippen MR) is 139 cm³/mol. The van der Waals surface area contributed by atoms with Crippen LogP contribution in [0.5, 0.6) is 5.75 Å². The molecule has 7 nitrogen and oxygen atoms in total. The van der Waals surface area contributed by atoms with Gasteiger partial charge < -0.3 is 15.4 Å². The maximum atomic E-state index is 12.8. The minimum absolute atomic E-state index is 0. The van der Waals surface area contributed by atoms with Gasteiger partial charge in [-0.2, -0.15) is 0 Å². The Kier molecular flexibility index (Phi) is 8.78. The van der Waals surface area contributed by atoms with Crippen LogP contribution in [-0.4, -0.2) is 48.9 Å². The summed E-state index contributed by atoms with van der Waals surface area (Å²) in [6, 6.07) is 7.97. The summed E-state index contributed by atoms with van der Waals surface area (Å²) in [6.45, 7) is 9.02. The Morgan fingerprint density at radius 3 is 2.48 bits per heavy atom. The van der Waals surface area contributed by atoms with Crippen molar-refractivity contribution >= 4 is 41.8 Å². The number of nitrogens with zero attached hydrogens (tertiary/aromatic N) is 2. The number of carbonyl (C=O) groups excluding carboxylic acids is 2. The number of fused-ring (bicyclic) bond motifs is 5. The van der Waals surface area contributed by atoms with Crippen LogP contribution in [0.15, 0.2) is 41.4 Å². The Labute approximate surface area is 213 Å². The lowest BCUT2D eigenvalue weighted by Crippen LogP contribution is -2.43. The molecule has 2 N–H and O–H groups in total. The Balaban J connectivity index is 0.00000306. The molecule has 4 unspecified atom stereocenters. The van der Waals surface area contributed by atoms with Crippen molar-refractivity contribution in [3.63, 3.8) is 0 Å². The number of carbonyl (C=O) groups is 2. The molecular weight excluding hydrogens is 531 g/mol. The molecule has 2 amide bonds. The van der Waals surface area contributed by atoms with Crippen LogP contribution in [0.2, 0.25) is 0 Å². The first-order valence-corrected chi connectivity index (χ1v) is 11.8. The summed E-state index contributed by atoms with van der Waals surface area (Å²) < 4.78 is 5.80. The summed E-state index contributed by atoms with van der Waals surface area (Å²) >= 11 is 0. The molecule has 0 aromatic heterocycles. The maximum Gasteiger partial charge on any atom is 0.233 e. The molecule has 2 aliphatic carbocycles. The molecular formula is C25H35IN4O3. The Morgan fingerprint density at radius 2 is 1.85 bits per heavy atom. The monoisotopic (exact) mass is 566 g/mol. The molecule has 4 atom stereocenters. The quantitative estimate of drug-likeness (QED) is 0.158. The van der Waals surface area contributed by atoms with Crippen LogP contribution in [0, 0.1) is 29.6 Å². The van der Waals surface area contributed by atoms with Crippen LogP contribution >= 0.6 is 24.0 Å². The summed E-state index contributed by atoms with van der Waals surface area (Å²) in [6.07, 6.45) is 5.20. The lowest BCUT2D eigenvalue weighted by molar-refractivity contribution is -0.140. The minimum Gasteiger partial charge on any atom is -0.493 e. The van der Waals surface area contributed by atoms with E-state index in [4.69, 9.17) is 4.74 Å². The number of hydrogen-bond acceptors (Lipinski definition) is 4. The highest BCUT2D eigenvalue weighted by Gasteiger charge is 2.58. The number of rotatable bonds is 9. The predicted octanol–water partition coefficient (Wildman–Crippen LogP) is 3.20.